The summed E-state index contributed by atoms with van der Waals surface area (Å²) >= 11 is 0. The summed E-state index contributed by atoms with van der Waals surface area (Å²) in [5, 5.41) is 5.31. The van der Waals surface area contributed by atoms with Crippen LogP contribution in [0.3, 0.4) is 0 Å². The second-order valence-electron chi connectivity index (χ2n) is 6.14. The molecule has 0 aliphatic heterocycles. The van der Waals surface area contributed by atoms with E-state index in [2.05, 4.69) is 10.6 Å². The molecule has 0 saturated heterocycles. The minimum Gasteiger partial charge on any atom is -0.356 e. The molecule has 2 N–H and O–H groups in total. The van der Waals surface area contributed by atoms with Crippen molar-refractivity contribution in [2.75, 3.05) is 11.9 Å². The van der Waals surface area contributed by atoms with E-state index in [1.54, 1.807) is 12.1 Å². The van der Waals surface area contributed by atoms with Gasteiger partial charge in [-0.3, -0.25) is 9.59 Å². The minimum absolute atomic E-state index is 0.0485. The number of hydrogen-bond acceptors (Lipinski definition) is 2. The van der Waals surface area contributed by atoms with E-state index in [9.17, 15) is 14.0 Å². The molecular weight excluding hydrogens is 271 g/mol. The van der Waals surface area contributed by atoms with Crippen molar-refractivity contribution in [2.45, 2.75) is 40.5 Å². The number of benzene rings is 1. The Hall–Kier alpha value is -1.91. The maximum Gasteiger partial charge on any atom is 0.225 e. The van der Waals surface area contributed by atoms with Gasteiger partial charge in [0, 0.05) is 18.4 Å². The van der Waals surface area contributed by atoms with Crippen LogP contribution in [0.25, 0.3) is 0 Å². The Morgan fingerprint density at radius 3 is 2.52 bits per heavy atom. The van der Waals surface area contributed by atoms with Gasteiger partial charge in [-0.15, -0.1) is 0 Å². The van der Waals surface area contributed by atoms with Crippen molar-refractivity contribution >= 4 is 17.5 Å². The third-order valence-corrected chi connectivity index (χ3v) is 2.94. The summed E-state index contributed by atoms with van der Waals surface area (Å²) in [7, 11) is 0. The van der Waals surface area contributed by atoms with Crippen molar-refractivity contribution in [1.82, 2.24) is 5.32 Å². The normalized spacial score (nSPS) is 11.1. The van der Waals surface area contributed by atoms with Gasteiger partial charge in [0.15, 0.2) is 0 Å². The molecule has 0 radical (unpaired) electrons. The highest BCUT2D eigenvalue weighted by Gasteiger charge is 2.20. The van der Waals surface area contributed by atoms with Gasteiger partial charge in [0.1, 0.15) is 5.82 Å². The first-order valence-electron chi connectivity index (χ1n) is 7.04. The summed E-state index contributed by atoms with van der Waals surface area (Å²) in [6.45, 7) is 7.75. The smallest absolute Gasteiger partial charge is 0.225 e. The second-order valence-corrected chi connectivity index (χ2v) is 6.14. The van der Waals surface area contributed by atoms with Gasteiger partial charge < -0.3 is 10.6 Å². The molecule has 0 unspecified atom stereocenters. The molecule has 1 aromatic rings. The van der Waals surface area contributed by atoms with Crippen molar-refractivity contribution in [3.05, 3.63) is 29.6 Å². The van der Waals surface area contributed by atoms with Crippen LogP contribution in [0.2, 0.25) is 0 Å². The minimum atomic E-state index is -0.449. The fraction of sp³-hybridized carbons (Fsp3) is 0.500. The van der Waals surface area contributed by atoms with E-state index in [1.807, 2.05) is 27.7 Å². The van der Waals surface area contributed by atoms with Gasteiger partial charge in [-0.1, -0.05) is 26.8 Å². The first kappa shape index (κ1) is 17.1. The Labute approximate surface area is 125 Å². The largest absolute Gasteiger partial charge is 0.356 e. The second kappa shape index (κ2) is 7.20. The Morgan fingerprint density at radius 1 is 1.24 bits per heavy atom. The van der Waals surface area contributed by atoms with E-state index in [0.717, 1.165) is 5.56 Å². The summed E-state index contributed by atoms with van der Waals surface area (Å²) in [6, 6.07) is 4.57. The van der Waals surface area contributed by atoms with Crippen LogP contribution >= 0.6 is 0 Å². The molecule has 1 rings (SSSR count). The molecule has 116 valence electrons. The van der Waals surface area contributed by atoms with Crippen LogP contribution in [-0.2, 0) is 9.59 Å². The predicted molar refractivity (Wildman–Crippen MR) is 81.5 cm³/mol. The first-order chi connectivity index (χ1) is 9.70. The summed E-state index contributed by atoms with van der Waals surface area (Å²) in [6.07, 6.45) is 0.749. The van der Waals surface area contributed by atoms with E-state index < -0.39 is 11.2 Å². The summed E-state index contributed by atoms with van der Waals surface area (Å²) < 4.78 is 13.5. The molecule has 0 atom stereocenters. The molecule has 0 spiro atoms. The Bertz CT molecular complexity index is 521. The molecule has 2 amide bonds. The van der Waals surface area contributed by atoms with Crippen LogP contribution in [0.1, 0.15) is 39.2 Å². The predicted octanol–water partition coefficient (Wildman–Crippen LogP) is 3.02. The molecular formula is C16H23FN2O2. The fourth-order valence-corrected chi connectivity index (χ4v) is 1.66. The highest BCUT2D eigenvalue weighted by molar-refractivity contribution is 5.91. The molecule has 0 heterocycles. The molecule has 0 saturated carbocycles. The van der Waals surface area contributed by atoms with Gasteiger partial charge in [0.05, 0.1) is 5.69 Å². The zero-order valence-corrected chi connectivity index (χ0v) is 13.0. The Balaban J connectivity index is 2.35. The van der Waals surface area contributed by atoms with Gasteiger partial charge in [-0.2, -0.15) is 0 Å². The lowest BCUT2D eigenvalue weighted by Crippen LogP contribution is -2.35. The number of aryl methyl sites for hydroxylation is 1. The van der Waals surface area contributed by atoms with Crippen molar-refractivity contribution in [3.8, 4) is 0 Å². The number of nitrogens with one attached hydrogen (secondary N) is 2. The van der Waals surface area contributed by atoms with Crippen LogP contribution < -0.4 is 10.6 Å². The van der Waals surface area contributed by atoms with Crippen LogP contribution in [0.15, 0.2) is 18.2 Å². The lowest BCUT2D eigenvalue weighted by molar-refractivity contribution is -0.128. The number of amides is 2. The maximum atomic E-state index is 13.5. The van der Waals surface area contributed by atoms with Gasteiger partial charge in [0.25, 0.3) is 0 Å². The quantitative estimate of drug-likeness (QED) is 0.820. The molecule has 1 aromatic carbocycles. The fourth-order valence-electron chi connectivity index (χ4n) is 1.66. The van der Waals surface area contributed by atoms with Crippen molar-refractivity contribution in [1.29, 1.82) is 0 Å². The molecule has 0 aliphatic rings. The van der Waals surface area contributed by atoms with Crippen molar-refractivity contribution < 1.29 is 14.0 Å². The zero-order valence-electron chi connectivity index (χ0n) is 13.0. The van der Waals surface area contributed by atoms with E-state index in [4.69, 9.17) is 0 Å². The van der Waals surface area contributed by atoms with Crippen LogP contribution in [0.4, 0.5) is 10.1 Å². The summed E-state index contributed by atoms with van der Waals surface area (Å²) in [5.74, 6) is -0.757. The molecule has 21 heavy (non-hydrogen) atoms. The average molecular weight is 294 g/mol. The molecule has 4 nitrogen and oxygen atoms in total. The molecule has 0 bridgehead atoms. The van der Waals surface area contributed by atoms with E-state index in [1.165, 1.54) is 6.07 Å². The Kier molecular flexibility index (Phi) is 5.88. The summed E-state index contributed by atoms with van der Waals surface area (Å²) in [5.41, 5.74) is 0.635. The van der Waals surface area contributed by atoms with E-state index in [-0.39, 0.29) is 23.9 Å². The molecule has 0 aromatic heterocycles. The van der Waals surface area contributed by atoms with Crippen LogP contribution in [-0.4, -0.2) is 18.4 Å². The van der Waals surface area contributed by atoms with Crippen molar-refractivity contribution in [3.63, 3.8) is 0 Å². The standard InChI is InChI=1S/C16H23FN2O2/c1-11-7-8-12(17)13(10-11)19-14(20)6-5-9-18-15(21)16(2,3)4/h7-8,10H,5-6,9H2,1-4H3,(H,18,21)(H,19,20). The monoisotopic (exact) mass is 294 g/mol. The number of rotatable bonds is 5. The molecule has 5 heteroatoms. The number of carbonyl (C=O) groups is 2. The number of anilines is 1. The third-order valence-electron chi connectivity index (χ3n) is 2.94. The first-order valence-corrected chi connectivity index (χ1v) is 7.04. The van der Waals surface area contributed by atoms with Gasteiger partial charge in [-0.05, 0) is 31.0 Å². The highest BCUT2D eigenvalue weighted by Crippen LogP contribution is 2.16. The topological polar surface area (TPSA) is 58.2 Å². The van der Waals surface area contributed by atoms with E-state index >= 15 is 0 Å². The number of halogens is 1. The van der Waals surface area contributed by atoms with Crippen molar-refractivity contribution in [2.24, 2.45) is 5.41 Å². The maximum absolute atomic E-state index is 13.5. The Morgan fingerprint density at radius 2 is 1.90 bits per heavy atom. The third kappa shape index (κ3) is 5.94. The lowest BCUT2D eigenvalue weighted by atomic mass is 9.96. The lowest BCUT2D eigenvalue weighted by Gasteiger charge is -2.17. The molecule has 0 fully saturated rings. The van der Waals surface area contributed by atoms with Gasteiger partial charge in [-0.25, -0.2) is 4.39 Å². The van der Waals surface area contributed by atoms with Crippen LogP contribution in [0, 0.1) is 18.2 Å². The average Bonchev–Trinajstić information content (AvgIpc) is 2.37. The van der Waals surface area contributed by atoms with Gasteiger partial charge >= 0.3 is 0 Å². The summed E-state index contributed by atoms with van der Waals surface area (Å²) in [4.78, 5) is 23.3. The highest BCUT2D eigenvalue weighted by atomic mass is 19.1. The van der Waals surface area contributed by atoms with Crippen LogP contribution in [0.5, 0.6) is 0 Å². The number of carbonyl (C=O) groups excluding carboxylic acids is 2. The SMILES string of the molecule is Cc1ccc(F)c(NC(=O)CCCNC(=O)C(C)(C)C)c1. The van der Waals surface area contributed by atoms with Gasteiger partial charge in [0.2, 0.25) is 11.8 Å². The van der Waals surface area contributed by atoms with E-state index in [0.29, 0.717) is 13.0 Å². The zero-order chi connectivity index (χ0) is 16.0. The molecule has 0 aliphatic carbocycles. The number of hydrogen-bond donors (Lipinski definition) is 2.